The molecular formula is C27H38O. The molecule has 28 heavy (non-hydrogen) atoms. The highest BCUT2D eigenvalue weighted by Gasteiger charge is 2.60. The molecule has 1 aromatic carbocycles. The van der Waals surface area contributed by atoms with Crippen LogP contribution in [0.15, 0.2) is 29.8 Å². The first-order valence-corrected chi connectivity index (χ1v) is 11.9. The van der Waals surface area contributed by atoms with Crippen molar-refractivity contribution in [2.75, 3.05) is 0 Å². The Labute approximate surface area is 171 Å². The first kappa shape index (κ1) is 18.9. The van der Waals surface area contributed by atoms with Gasteiger partial charge in [0.15, 0.2) is 0 Å². The minimum atomic E-state index is -0.253. The zero-order chi connectivity index (χ0) is 19.5. The highest BCUT2D eigenvalue weighted by atomic mass is 16.3. The second kappa shape index (κ2) is 6.73. The maximum Gasteiger partial charge on any atom is 0.0809 e. The molecule has 1 aromatic rings. The molecule has 0 amide bonds. The first-order chi connectivity index (χ1) is 13.4. The Morgan fingerprint density at radius 3 is 2.46 bits per heavy atom. The normalized spacial score (nSPS) is 46.7. The van der Waals surface area contributed by atoms with Crippen LogP contribution in [0, 0.1) is 41.4 Å². The van der Waals surface area contributed by atoms with Crippen molar-refractivity contribution in [3.05, 3.63) is 41.0 Å². The largest absolute Gasteiger partial charge is 0.388 e. The van der Waals surface area contributed by atoms with Crippen LogP contribution < -0.4 is 0 Å². The van der Waals surface area contributed by atoms with Crippen molar-refractivity contribution in [2.45, 2.75) is 84.7 Å². The molecule has 5 rings (SSSR count). The third-order valence-electron chi connectivity index (χ3n) is 9.88. The lowest BCUT2D eigenvalue weighted by atomic mass is 9.45. The molecule has 7 atom stereocenters. The predicted octanol–water partition coefficient (Wildman–Crippen LogP) is 6.78. The van der Waals surface area contributed by atoms with Crippen LogP contribution in [0.2, 0.25) is 0 Å². The van der Waals surface area contributed by atoms with E-state index < -0.39 is 0 Å². The minimum absolute atomic E-state index is 0.0928. The van der Waals surface area contributed by atoms with Crippen LogP contribution in [0.5, 0.6) is 0 Å². The van der Waals surface area contributed by atoms with Crippen molar-refractivity contribution >= 4 is 6.08 Å². The van der Waals surface area contributed by atoms with Gasteiger partial charge in [-0.3, -0.25) is 0 Å². The highest BCUT2D eigenvalue weighted by molar-refractivity contribution is 5.56. The van der Waals surface area contributed by atoms with Gasteiger partial charge in [0.05, 0.1) is 6.10 Å². The zero-order valence-electron chi connectivity index (χ0n) is 18.1. The smallest absolute Gasteiger partial charge is 0.0809 e. The fourth-order valence-electron chi connectivity index (χ4n) is 8.17. The SMILES string of the molecule is Cc1ccc(C=C2CC3C4CCC5CCCCC5(C)C4CCC3(C)C2O)cc1. The molecule has 0 bridgehead atoms. The maximum atomic E-state index is 11.4. The van der Waals surface area contributed by atoms with E-state index in [4.69, 9.17) is 0 Å². The summed E-state index contributed by atoms with van der Waals surface area (Å²) in [6.07, 6.45) is 14.4. The number of hydrogen-bond acceptors (Lipinski definition) is 1. The third-order valence-corrected chi connectivity index (χ3v) is 9.88. The van der Waals surface area contributed by atoms with E-state index in [2.05, 4.69) is 51.1 Å². The van der Waals surface area contributed by atoms with Crippen molar-refractivity contribution in [2.24, 2.45) is 34.5 Å². The van der Waals surface area contributed by atoms with Crippen molar-refractivity contribution in [1.29, 1.82) is 0 Å². The van der Waals surface area contributed by atoms with E-state index in [9.17, 15) is 5.11 Å². The Morgan fingerprint density at radius 1 is 0.893 bits per heavy atom. The summed E-state index contributed by atoms with van der Waals surface area (Å²) in [4.78, 5) is 0. The summed E-state index contributed by atoms with van der Waals surface area (Å²) in [6, 6.07) is 8.78. The Hall–Kier alpha value is -1.08. The van der Waals surface area contributed by atoms with Crippen LogP contribution in [0.25, 0.3) is 6.08 Å². The summed E-state index contributed by atoms with van der Waals surface area (Å²) in [7, 11) is 0. The summed E-state index contributed by atoms with van der Waals surface area (Å²) in [5.74, 6) is 3.38. The molecule has 4 saturated carbocycles. The molecule has 0 aromatic heterocycles. The summed E-state index contributed by atoms with van der Waals surface area (Å²) >= 11 is 0. The Bertz CT molecular complexity index is 761. The Balaban J connectivity index is 1.45. The lowest BCUT2D eigenvalue weighted by Crippen LogP contribution is -2.53. The van der Waals surface area contributed by atoms with Gasteiger partial charge >= 0.3 is 0 Å². The van der Waals surface area contributed by atoms with Crippen molar-refractivity contribution in [3.8, 4) is 0 Å². The molecule has 1 nitrogen and oxygen atoms in total. The van der Waals surface area contributed by atoms with E-state index in [0.29, 0.717) is 11.3 Å². The second-order valence-electron chi connectivity index (χ2n) is 11.2. The molecule has 4 aliphatic carbocycles. The summed E-state index contributed by atoms with van der Waals surface area (Å²) in [6.45, 7) is 7.19. The van der Waals surface area contributed by atoms with Gasteiger partial charge < -0.3 is 5.11 Å². The van der Waals surface area contributed by atoms with Gasteiger partial charge in [0.1, 0.15) is 0 Å². The van der Waals surface area contributed by atoms with Crippen LogP contribution in [0.1, 0.15) is 82.8 Å². The summed E-state index contributed by atoms with van der Waals surface area (Å²) in [5, 5.41) is 11.4. The summed E-state index contributed by atoms with van der Waals surface area (Å²) < 4.78 is 0. The molecule has 152 valence electrons. The number of rotatable bonds is 1. The predicted molar refractivity (Wildman–Crippen MR) is 117 cm³/mol. The average Bonchev–Trinajstić information content (AvgIpc) is 2.94. The van der Waals surface area contributed by atoms with Gasteiger partial charge in [-0.05, 0) is 92.1 Å². The van der Waals surface area contributed by atoms with E-state index in [1.807, 2.05) is 0 Å². The van der Waals surface area contributed by atoms with E-state index >= 15 is 0 Å². The zero-order valence-corrected chi connectivity index (χ0v) is 18.1. The van der Waals surface area contributed by atoms with Crippen LogP contribution in [0.4, 0.5) is 0 Å². The fraction of sp³-hybridized carbons (Fsp3) is 0.704. The van der Waals surface area contributed by atoms with Gasteiger partial charge in [-0.2, -0.15) is 0 Å². The minimum Gasteiger partial charge on any atom is -0.388 e. The van der Waals surface area contributed by atoms with Gasteiger partial charge in [-0.1, -0.05) is 62.6 Å². The number of hydrogen-bond donors (Lipinski definition) is 1. The first-order valence-electron chi connectivity index (χ1n) is 11.9. The topological polar surface area (TPSA) is 20.2 Å². The van der Waals surface area contributed by atoms with Crippen LogP contribution in [-0.4, -0.2) is 11.2 Å². The molecule has 0 radical (unpaired) electrons. The molecule has 1 N–H and O–H groups in total. The second-order valence-corrected chi connectivity index (χ2v) is 11.2. The monoisotopic (exact) mass is 378 g/mol. The third kappa shape index (κ3) is 2.76. The van der Waals surface area contributed by atoms with Gasteiger partial charge in [0.2, 0.25) is 0 Å². The Kier molecular flexibility index (Phi) is 4.54. The molecule has 4 aliphatic rings. The molecule has 7 unspecified atom stereocenters. The van der Waals surface area contributed by atoms with E-state index in [0.717, 1.165) is 24.2 Å². The lowest BCUT2D eigenvalue weighted by molar-refractivity contribution is -0.119. The molecule has 0 heterocycles. The molecule has 0 aliphatic heterocycles. The van der Waals surface area contributed by atoms with Gasteiger partial charge in [-0.15, -0.1) is 0 Å². The van der Waals surface area contributed by atoms with Crippen molar-refractivity contribution in [3.63, 3.8) is 0 Å². The van der Waals surface area contributed by atoms with Gasteiger partial charge in [-0.25, -0.2) is 0 Å². The average molecular weight is 379 g/mol. The number of aliphatic hydroxyl groups is 1. The van der Waals surface area contributed by atoms with Crippen LogP contribution >= 0.6 is 0 Å². The number of aliphatic hydroxyl groups excluding tert-OH is 1. The summed E-state index contributed by atoms with van der Waals surface area (Å²) in [5.41, 5.74) is 4.52. The highest BCUT2D eigenvalue weighted by Crippen LogP contribution is 2.67. The van der Waals surface area contributed by atoms with Crippen LogP contribution in [-0.2, 0) is 0 Å². The van der Waals surface area contributed by atoms with Crippen molar-refractivity contribution < 1.29 is 5.11 Å². The van der Waals surface area contributed by atoms with Gasteiger partial charge in [0, 0.05) is 5.41 Å². The molecule has 4 fully saturated rings. The molecule has 0 spiro atoms. The molecular weight excluding hydrogens is 340 g/mol. The number of fused-ring (bicyclic) bond motifs is 5. The van der Waals surface area contributed by atoms with E-state index in [1.54, 1.807) is 0 Å². The number of benzene rings is 1. The van der Waals surface area contributed by atoms with E-state index in [-0.39, 0.29) is 11.5 Å². The standard InChI is InChI=1S/C27H38O/c1-18-7-9-19(10-8-18)16-20-17-24-22-12-11-21-6-4-5-14-26(21,2)23(22)13-15-27(24,3)25(20)28/h7-10,16,21-25,28H,4-6,11-15,17H2,1-3H3. The molecule has 1 heteroatoms. The lowest BCUT2D eigenvalue weighted by Gasteiger charge is -2.60. The Morgan fingerprint density at radius 2 is 1.68 bits per heavy atom. The number of aryl methyl sites for hydroxylation is 1. The maximum absolute atomic E-state index is 11.4. The fourth-order valence-corrected chi connectivity index (χ4v) is 8.17. The van der Waals surface area contributed by atoms with Crippen molar-refractivity contribution in [1.82, 2.24) is 0 Å². The molecule has 0 saturated heterocycles. The quantitative estimate of drug-likeness (QED) is 0.571. The van der Waals surface area contributed by atoms with Gasteiger partial charge in [0.25, 0.3) is 0 Å². The van der Waals surface area contributed by atoms with Crippen LogP contribution in [0.3, 0.4) is 0 Å². The van der Waals surface area contributed by atoms with E-state index in [1.165, 1.54) is 68.1 Å².